The third kappa shape index (κ3) is 2.95. The summed E-state index contributed by atoms with van der Waals surface area (Å²) in [6.07, 6.45) is 1.17. The van der Waals surface area contributed by atoms with Gasteiger partial charge in [0, 0.05) is 11.8 Å². The molecule has 2 aromatic rings. The van der Waals surface area contributed by atoms with Gasteiger partial charge in [-0.25, -0.2) is 14.4 Å². The van der Waals surface area contributed by atoms with Crippen LogP contribution in [0.3, 0.4) is 0 Å². The zero-order valence-electron chi connectivity index (χ0n) is 12.2. The molecule has 21 heavy (non-hydrogen) atoms. The molecule has 0 unspecified atom stereocenters. The Kier molecular flexibility index (Phi) is 4.09. The minimum absolute atomic E-state index is 0.0734. The van der Waals surface area contributed by atoms with Crippen LogP contribution in [0, 0.1) is 37.8 Å². The van der Waals surface area contributed by atoms with E-state index in [0.717, 1.165) is 16.7 Å². The van der Waals surface area contributed by atoms with Crippen LogP contribution in [0.2, 0.25) is 0 Å². The zero-order chi connectivity index (χ0) is 15.7. The van der Waals surface area contributed by atoms with Crippen molar-refractivity contribution in [3.05, 3.63) is 51.0 Å². The van der Waals surface area contributed by atoms with E-state index in [0.29, 0.717) is 11.5 Å². The topological polar surface area (TPSA) is 72.2 Å². The van der Waals surface area contributed by atoms with E-state index < -0.39 is 4.92 Å². The highest BCUT2D eigenvalue weighted by molar-refractivity contribution is 6.30. The van der Waals surface area contributed by atoms with Crippen molar-refractivity contribution < 1.29 is 4.92 Å². The number of nitrogens with zero attached hydrogens (tertiary/aromatic N) is 4. The van der Waals surface area contributed by atoms with Crippen LogP contribution in [0.1, 0.15) is 22.5 Å². The highest BCUT2D eigenvalue weighted by atomic mass is 35.5. The first-order valence-corrected chi connectivity index (χ1v) is 6.67. The lowest BCUT2D eigenvalue weighted by atomic mass is 10.1. The Morgan fingerprint density at radius 3 is 2.29 bits per heavy atom. The Balaban J connectivity index is 2.63. The van der Waals surface area contributed by atoms with Gasteiger partial charge < -0.3 is 0 Å². The van der Waals surface area contributed by atoms with Crippen LogP contribution in [-0.4, -0.2) is 14.9 Å². The van der Waals surface area contributed by atoms with Gasteiger partial charge in [0.1, 0.15) is 12.0 Å². The number of aryl methyl sites for hydroxylation is 4. The van der Waals surface area contributed by atoms with Gasteiger partial charge in [-0.15, -0.1) is 0 Å². The molecule has 0 saturated carbocycles. The third-order valence-electron chi connectivity index (χ3n) is 3.08. The first-order chi connectivity index (χ1) is 9.81. The van der Waals surface area contributed by atoms with E-state index in [1.54, 1.807) is 6.92 Å². The van der Waals surface area contributed by atoms with E-state index in [-0.39, 0.29) is 11.5 Å². The molecule has 0 aliphatic heterocycles. The van der Waals surface area contributed by atoms with Crippen LogP contribution in [0.5, 0.6) is 0 Å². The zero-order valence-corrected chi connectivity index (χ0v) is 13.0. The quantitative estimate of drug-likeness (QED) is 0.488. The van der Waals surface area contributed by atoms with Crippen molar-refractivity contribution in [3.63, 3.8) is 0 Å². The summed E-state index contributed by atoms with van der Waals surface area (Å²) in [6, 6.07) is 3.94. The van der Waals surface area contributed by atoms with Crippen molar-refractivity contribution in [2.75, 3.05) is 4.42 Å². The monoisotopic (exact) mass is 306 g/mol. The lowest BCUT2D eigenvalue weighted by molar-refractivity contribution is -0.384. The molecular weight excluding hydrogens is 292 g/mol. The summed E-state index contributed by atoms with van der Waals surface area (Å²) in [4.78, 5) is 18.6. The molecular formula is C14H15ClN4O2. The average molecular weight is 307 g/mol. The van der Waals surface area contributed by atoms with Crippen molar-refractivity contribution in [3.8, 4) is 0 Å². The van der Waals surface area contributed by atoms with E-state index in [1.807, 2.05) is 32.9 Å². The van der Waals surface area contributed by atoms with Gasteiger partial charge in [-0.05, 0) is 38.8 Å². The first-order valence-electron chi connectivity index (χ1n) is 6.33. The molecule has 0 bridgehead atoms. The van der Waals surface area contributed by atoms with Gasteiger partial charge in [0.2, 0.25) is 5.82 Å². The minimum atomic E-state index is -0.539. The SMILES string of the molecule is Cc1cc(C)c(N(Cl)c2nc(C)ncc2[N+](=O)[O-])c(C)c1. The summed E-state index contributed by atoms with van der Waals surface area (Å²) in [5.41, 5.74) is 3.42. The predicted octanol–water partition coefficient (Wildman–Crippen LogP) is 3.91. The van der Waals surface area contributed by atoms with Gasteiger partial charge in [-0.1, -0.05) is 17.7 Å². The smallest absolute Gasteiger partial charge is 0.258 e. The Morgan fingerprint density at radius 1 is 1.19 bits per heavy atom. The summed E-state index contributed by atoms with van der Waals surface area (Å²) in [6.45, 7) is 7.46. The predicted molar refractivity (Wildman–Crippen MR) is 82.1 cm³/mol. The lowest BCUT2D eigenvalue weighted by Gasteiger charge is -2.20. The van der Waals surface area contributed by atoms with Gasteiger partial charge in [-0.3, -0.25) is 10.1 Å². The van der Waals surface area contributed by atoms with Crippen molar-refractivity contribution in [2.45, 2.75) is 27.7 Å². The Bertz CT molecular complexity index is 695. The van der Waals surface area contributed by atoms with Gasteiger partial charge >= 0.3 is 5.69 Å². The van der Waals surface area contributed by atoms with E-state index in [1.165, 1.54) is 10.6 Å². The van der Waals surface area contributed by atoms with Gasteiger partial charge in [-0.2, -0.15) is 0 Å². The average Bonchev–Trinajstić information content (AvgIpc) is 2.36. The van der Waals surface area contributed by atoms with Crippen LogP contribution in [0.15, 0.2) is 18.3 Å². The van der Waals surface area contributed by atoms with E-state index >= 15 is 0 Å². The highest BCUT2D eigenvalue weighted by Crippen LogP contribution is 2.37. The number of rotatable bonds is 3. The number of hydrogen-bond acceptors (Lipinski definition) is 5. The van der Waals surface area contributed by atoms with E-state index in [9.17, 15) is 10.1 Å². The maximum atomic E-state index is 11.1. The molecule has 0 aliphatic carbocycles. The molecule has 1 aromatic heterocycles. The number of benzene rings is 1. The molecule has 1 heterocycles. The first kappa shape index (κ1) is 15.2. The van der Waals surface area contributed by atoms with Crippen molar-refractivity contribution in [1.82, 2.24) is 9.97 Å². The number of hydrogen-bond donors (Lipinski definition) is 0. The fraction of sp³-hybridized carbons (Fsp3) is 0.286. The number of anilines is 2. The summed E-state index contributed by atoms with van der Waals surface area (Å²) >= 11 is 6.35. The molecule has 7 heteroatoms. The molecule has 0 spiro atoms. The molecule has 0 atom stereocenters. The molecule has 0 aliphatic rings. The molecule has 0 saturated heterocycles. The molecule has 0 fully saturated rings. The van der Waals surface area contributed by atoms with Crippen molar-refractivity contribution in [1.29, 1.82) is 0 Å². The largest absolute Gasteiger partial charge is 0.331 e. The second kappa shape index (κ2) is 5.65. The third-order valence-corrected chi connectivity index (χ3v) is 3.41. The van der Waals surface area contributed by atoms with Crippen LogP contribution in [0.25, 0.3) is 0 Å². The Morgan fingerprint density at radius 2 is 1.76 bits per heavy atom. The maximum Gasteiger partial charge on any atom is 0.331 e. The molecule has 1 aromatic carbocycles. The minimum Gasteiger partial charge on any atom is -0.258 e. The molecule has 110 valence electrons. The maximum absolute atomic E-state index is 11.1. The molecule has 2 rings (SSSR count). The molecule has 0 radical (unpaired) electrons. The normalized spacial score (nSPS) is 10.5. The standard InChI is InChI=1S/C14H15ClN4O2/c1-8-5-9(2)13(10(3)6-8)18(15)14-12(19(20)21)7-16-11(4)17-14/h5-7H,1-4H3. The summed E-state index contributed by atoms with van der Waals surface area (Å²) < 4.78 is 1.23. The second-order valence-corrected chi connectivity index (χ2v) is 5.25. The molecule has 0 amide bonds. The van der Waals surface area contributed by atoms with Crippen molar-refractivity contribution >= 4 is 29.0 Å². The number of aromatic nitrogens is 2. The summed E-state index contributed by atoms with van der Waals surface area (Å²) in [7, 11) is 0. The van der Waals surface area contributed by atoms with Gasteiger partial charge in [0.25, 0.3) is 0 Å². The number of halogens is 1. The molecule has 0 N–H and O–H groups in total. The van der Waals surface area contributed by atoms with Gasteiger partial charge in [0.05, 0.1) is 10.6 Å². The Hall–Kier alpha value is -2.21. The van der Waals surface area contributed by atoms with Crippen molar-refractivity contribution in [2.24, 2.45) is 0 Å². The second-order valence-electron chi connectivity index (χ2n) is 4.91. The highest BCUT2D eigenvalue weighted by Gasteiger charge is 2.24. The van der Waals surface area contributed by atoms with E-state index in [2.05, 4.69) is 9.97 Å². The van der Waals surface area contributed by atoms with Crippen LogP contribution >= 0.6 is 11.8 Å². The van der Waals surface area contributed by atoms with Gasteiger partial charge in [0.15, 0.2) is 0 Å². The molecule has 6 nitrogen and oxygen atoms in total. The van der Waals surface area contributed by atoms with Crippen LogP contribution in [0.4, 0.5) is 17.2 Å². The fourth-order valence-electron chi connectivity index (χ4n) is 2.31. The van der Waals surface area contributed by atoms with Crippen LogP contribution in [-0.2, 0) is 0 Å². The fourth-order valence-corrected chi connectivity index (χ4v) is 2.70. The van der Waals surface area contributed by atoms with E-state index in [4.69, 9.17) is 11.8 Å². The lowest BCUT2D eigenvalue weighted by Crippen LogP contribution is -2.11. The number of nitro groups is 1. The summed E-state index contributed by atoms with van der Waals surface area (Å²) in [5.74, 6) is 0.493. The summed E-state index contributed by atoms with van der Waals surface area (Å²) in [5, 5.41) is 11.1. The Labute approximate surface area is 127 Å². The van der Waals surface area contributed by atoms with Crippen LogP contribution < -0.4 is 4.42 Å².